The van der Waals surface area contributed by atoms with Crippen molar-refractivity contribution in [3.05, 3.63) is 0 Å². The van der Waals surface area contributed by atoms with Crippen LogP contribution >= 0.6 is 0 Å². The Hall–Kier alpha value is -0.576. The van der Waals surface area contributed by atoms with E-state index in [0.717, 1.165) is 0 Å². The summed E-state index contributed by atoms with van der Waals surface area (Å²) in [6, 6.07) is -0.797. The molecule has 10 nitrogen and oxygen atoms in total. The molecule has 0 spiro atoms. The van der Waals surface area contributed by atoms with Crippen LogP contribution in [-0.2, 0) is 0 Å². The Morgan fingerprint density at radius 1 is 1.00 bits per heavy atom. The molecule has 1 unspecified atom stereocenters. The molecule has 114 valence electrons. The van der Waals surface area contributed by atoms with Gasteiger partial charge in [-0.2, -0.15) is 0 Å². The molecule has 0 aromatic rings. The second kappa shape index (κ2) is 7.88. The summed E-state index contributed by atoms with van der Waals surface area (Å²) < 4.78 is 0. The molecule has 0 bridgehead atoms. The van der Waals surface area contributed by atoms with Gasteiger partial charge >= 0.3 is 23.6 Å². The van der Waals surface area contributed by atoms with Crippen LogP contribution in [0.2, 0.25) is 6.04 Å². The Labute approximate surface area is 111 Å². The largest absolute Gasteiger partial charge is 0.523 e. The summed E-state index contributed by atoms with van der Waals surface area (Å²) in [4.78, 5) is 63.3. The van der Waals surface area contributed by atoms with Crippen molar-refractivity contribution in [2.24, 2.45) is 0 Å². The fourth-order valence-electron chi connectivity index (χ4n) is 1.11. The van der Waals surface area contributed by atoms with Gasteiger partial charge < -0.3 is 44.5 Å². The third-order valence-electron chi connectivity index (χ3n) is 2.12. The molecular formula is C7H20N2O8Si2. The van der Waals surface area contributed by atoms with E-state index in [0.29, 0.717) is 0 Å². The molecule has 0 saturated heterocycles. The summed E-state index contributed by atoms with van der Waals surface area (Å²) in [7, 11) is -8.65. The summed E-state index contributed by atoms with van der Waals surface area (Å²) in [6.07, 6.45) is -0.0329. The van der Waals surface area contributed by atoms with Crippen LogP contribution in [0, 0.1) is 0 Å². The standard InChI is InChI=1S/C7H20N2O8Si2/c10-6(19(15,16)17)2-4-9-7(11)8-3-1-5-18(12,13)14/h6,10,12-17H,1-5H2,(H2,8,9,11). The Balaban J connectivity index is 3.61. The number of aliphatic hydroxyl groups is 1. The number of aliphatic hydroxyl groups excluding tert-OH is 1. The summed E-state index contributed by atoms with van der Waals surface area (Å²) in [5, 5.41) is 13.7. The van der Waals surface area contributed by atoms with Crippen LogP contribution in [0.1, 0.15) is 12.8 Å². The monoisotopic (exact) mass is 316 g/mol. The number of carbonyl (C=O) groups is 1. The van der Waals surface area contributed by atoms with E-state index in [-0.39, 0.29) is 32.0 Å². The van der Waals surface area contributed by atoms with Gasteiger partial charge in [0.15, 0.2) is 0 Å². The maximum atomic E-state index is 11.1. The SMILES string of the molecule is O=C(NCCC[Si](O)(O)O)NCCC(O)[Si](O)(O)O. The molecule has 0 aliphatic rings. The fraction of sp³-hybridized carbons (Fsp3) is 0.857. The van der Waals surface area contributed by atoms with Gasteiger partial charge in [-0.15, -0.1) is 0 Å². The molecule has 9 N–H and O–H groups in total. The zero-order chi connectivity index (χ0) is 15.1. The molecule has 1 atom stereocenters. The van der Waals surface area contributed by atoms with Crippen molar-refractivity contribution in [3.63, 3.8) is 0 Å². The number of urea groups is 1. The van der Waals surface area contributed by atoms with E-state index in [1.807, 2.05) is 0 Å². The molecule has 0 fully saturated rings. The molecule has 0 radical (unpaired) electrons. The normalized spacial score (nSPS) is 14.1. The smallest absolute Gasteiger partial charge is 0.390 e. The van der Waals surface area contributed by atoms with E-state index >= 15 is 0 Å². The van der Waals surface area contributed by atoms with Gasteiger partial charge in [-0.25, -0.2) is 4.79 Å². The van der Waals surface area contributed by atoms with E-state index < -0.39 is 29.4 Å². The van der Waals surface area contributed by atoms with Crippen LogP contribution in [0.5, 0.6) is 0 Å². The van der Waals surface area contributed by atoms with Crippen molar-refractivity contribution in [1.82, 2.24) is 10.6 Å². The van der Waals surface area contributed by atoms with Crippen LogP contribution < -0.4 is 10.6 Å². The lowest BCUT2D eigenvalue weighted by molar-refractivity contribution is 0.111. The number of hydrogen-bond acceptors (Lipinski definition) is 8. The van der Waals surface area contributed by atoms with Crippen LogP contribution in [0.3, 0.4) is 0 Å². The molecule has 0 aliphatic heterocycles. The van der Waals surface area contributed by atoms with Gasteiger partial charge in [0.1, 0.15) is 5.73 Å². The Bertz CT molecular complexity index is 279. The van der Waals surface area contributed by atoms with Gasteiger partial charge in [-0.05, 0) is 12.8 Å². The molecule has 2 amide bonds. The average molecular weight is 316 g/mol. The van der Waals surface area contributed by atoms with Crippen molar-refractivity contribution in [2.45, 2.75) is 24.6 Å². The highest BCUT2D eigenvalue weighted by molar-refractivity contribution is 6.57. The minimum atomic E-state index is -4.58. The highest BCUT2D eigenvalue weighted by Gasteiger charge is 2.37. The van der Waals surface area contributed by atoms with Crippen molar-refractivity contribution >= 4 is 23.6 Å². The molecule has 0 aromatic heterocycles. The van der Waals surface area contributed by atoms with Gasteiger partial charge in [-0.1, -0.05) is 0 Å². The van der Waals surface area contributed by atoms with Crippen LogP contribution in [0.15, 0.2) is 0 Å². The van der Waals surface area contributed by atoms with Crippen molar-refractivity contribution in [3.8, 4) is 0 Å². The van der Waals surface area contributed by atoms with E-state index in [2.05, 4.69) is 10.6 Å². The first kappa shape index (κ1) is 18.4. The first-order valence-corrected chi connectivity index (χ1v) is 9.53. The van der Waals surface area contributed by atoms with Gasteiger partial charge in [0.05, 0.1) is 0 Å². The molecule has 0 aromatic carbocycles. The van der Waals surface area contributed by atoms with Crippen molar-refractivity contribution in [2.75, 3.05) is 13.1 Å². The van der Waals surface area contributed by atoms with Crippen LogP contribution in [-0.4, -0.2) is 76.3 Å². The Morgan fingerprint density at radius 2 is 1.53 bits per heavy atom. The topological polar surface area (TPSA) is 183 Å². The van der Waals surface area contributed by atoms with E-state index in [1.54, 1.807) is 0 Å². The summed E-state index contributed by atoms with van der Waals surface area (Å²) in [5.74, 6) is 0. The third-order valence-corrected chi connectivity index (χ3v) is 4.33. The zero-order valence-corrected chi connectivity index (χ0v) is 12.2. The lowest BCUT2D eigenvalue weighted by atomic mass is 10.4. The maximum absolute atomic E-state index is 11.1. The minimum Gasteiger partial charge on any atom is -0.390 e. The van der Waals surface area contributed by atoms with Crippen LogP contribution in [0.4, 0.5) is 4.79 Å². The lowest BCUT2D eigenvalue weighted by Crippen LogP contribution is -2.50. The molecule has 19 heavy (non-hydrogen) atoms. The third kappa shape index (κ3) is 11.0. The number of hydrogen-bond donors (Lipinski definition) is 9. The van der Waals surface area contributed by atoms with Gasteiger partial charge in [0.25, 0.3) is 0 Å². The number of carbonyl (C=O) groups excluding carboxylic acids is 1. The Morgan fingerprint density at radius 3 is 2.00 bits per heavy atom. The fourth-order valence-corrected chi connectivity index (χ4v) is 2.29. The molecule has 0 aliphatic carbocycles. The lowest BCUT2D eigenvalue weighted by Gasteiger charge is -2.17. The van der Waals surface area contributed by atoms with E-state index in [1.165, 1.54) is 0 Å². The zero-order valence-electron chi connectivity index (χ0n) is 10.2. The van der Waals surface area contributed by atoms with E-state index in [4.69, 9.17) is 33.9 Å². The van der Waals surface area contributed by atoms with Gasteiger partial charge in [0.2, 0.25) is 0 Å². The Kier molecular flexibility index (Phi) is 7.64. The van der Waals surface area contributed by atoms with Crippen LogP contribution in [0.25, 0.3) is 0 Å². The maximum Gasteiger partial charge on any atom is 0.523 e. The molecular weight excluding hydrogens is 296 g/mol. The summed E-state index contributed by atoms with van der Waals surface area (Å²) in [5.41, 5.74) is -1.68. The minimum absolute atomic E-state index is 0.0812. The highest BCUT2D eigenvalue weighted by Crippen LogP contribution is 2.00. The van der Waals surface area contributed by atoms with Crippen molar-refractivity contribution < 1.29 is 38.7 Å². The second-order valence-corrected chi connectivity index (χ2v) is 8.14. The average Bonchev–Trinajstić information content (AvgIpc) is 2.21. The molecule has 12 heteroatoms. The summed E-state index contributed by atoms with van der Waals surface area (Å²) in [6.45, 7) is 0.0334. The molecule has 0 heterocycles. The highest BCUT2D eigenvalue weighted by atomic mass is 28.4. The van der Waals surface area contributed by atoms with Gasteiger partial charge in [0, 0.05) is 19.1 Å². The number of amides is 2. The predicted molar refractivity (Wildman–Crippen MR) is 66.3 cm³/mol. The quantitative estimate of drug-likeness (QED) is 0.159. The first-order valence-electron chi connectivity index (χ1n) is 5.56. The number of nitrogens with one attached hydrogen (secondary N) is 2. The van der Waals surface area contributed by atoms with E-state index in [9.17, 15) is 4.79 Å². The molecule has 0 saturated carbocycles. The first-order chi connectivity index (χ1) is 8.52. The predicted octanol–water partition coefficient (Wildman–Crippen LogP) is -4.20. The van der Waals surface area contributed by atoms with Crippen molar-refractivity contribution in [1.29, 1.82) is 0 Å². The number of rotatable bonds is 8. The summed E-state index contributed by atoms with van der Waals surface area (Å²) >= 11 is 0. The van der Waals surface area contributed by atoms with Gasteiger partial charge in [-0.3, -0.25) is 0 Å². The second-order valence-electron chi connectivity index (χ2n) is 4.05. The molecule has 0 rings (SSSR count).